The van der Waals surface area contributed by atoms with Crippen molar-refractivity contribution in [2.24, 2.45) is 0 Å². The average molecular weight is 233 g/mol. The van der Waals surface area contributed by atoms with E-state index in [9.17, 15) is 14.7 Å². The number of carboxylic acids is 1. The van der Waals surface area contributed by atoms with E-state index in [0.717, 1.165) is 12.8 Å². The van der Waals surface area contributed by atoms with Crippen LogP contribution in [0.15, 0.2) is 30.3 Å². The molecule has 1 amide bonds. The molecule has 2 rings (SSSR count). The number of benzene rings is 1. The number of aliphatic carboxylic acids is 1. The molecule has 1 atom stereocenters. The lowest BCUT2D eigenvalue weighted by molar-refractivity contribution is -0.150. The fraction of sp³-hybridized carbons (Fsp3) is 0.385. The topological polar surface area (TPSA) is 57.6 Å². The van der Waals surface area contributed by atoms with Crippen molar-refractivity contribution >= 4 is 11.9 Å². The Morgan fingerprint density at radius 3 is 2.29 bits per heavy atom. The van der Waals surface area contributed by atoms with Crippen molar-refractivity contribution in [2.45, 2.75) is 31.8 Å². The first-order chi connectivity index (χ1) is 8.11. The van der Waals surface area contributed by atoms with Gasteiger partial charge in [0.25, 0.3) is 0 Å². The first-order valence-corrected chi connectivity index (χ1v) is 5.68. The summed E-state index contributed by atoms with van der Waals surface area (Å²) in [5.74, 6) is -1.15. The highest BCUT2D eigenvalue weighted by Gasteiger charge is 2.39. The van der Waals surface area contributed by atoms with Gasteiger partial charge in [0.1, 0.15) is 0 Å². The van der Waals surface area contributed by atoms with E-state index in [1.807, 2.05) is 6.07 Å². The third-order valence-electron chi connectivity index (χ3n) is 2.93. The van der Waals surface area contributed by atoms with E-state index < -0.39 is 12.0 Å². The molecule has 90 valence electrons. The predicted octanol–water partition coefficient (Wildman–Crippen LogP) is 1.82. The molecule has 1 aliphatic rings. The van der Waals surface area contributed by atoms with Gasteiger partial charge in [-0.1, -0.05) is 30.3 Å². The predicted molar refractivity (Wildman–Crippen MR) is 62.4 cm³/mol. The Morgan fingerprint density at radius 2 is 1.88 bits per heavy atom. The van der Waals surface area contributed by atoms with Crippen LogP contribution in [-0.4, -0.2) is 27.9 Å². The summed E-state index contributed by atoms with van der Waals surface area (Å²) in [7, 11) is 0. The zero-order valence-electron chi connectivity index (χ0n) is 9.67. The molecule has 1 saturated carbocycles. The molecule has 0 heterocycles. The minimum atomic E-state index is -0.974. The molecule has 17 heavy (non-hydrogen) atoms. The zero-order valence-corrected chi connectivity index (χ0v) is 9.67. The van der Waals surface area contributed by atoms with Crippen LogP contribution in [0.4, 0.5) is 0 Å². The summed E-state index contributed by atoms with van der Waals surface area (Å²) in [6.45, 7) is 1.43. The quantitative estimate of drug-likeness (QED) is 0.863. The molecule has 4 heteroatoms. The maximum atomic E-state index is 11.6. The van der Waals surface area contributed by atoms with Crippen molar-refractivity contribution in [3.8, 4) is 0 Å². The summed E-state index contributed by atoms with van der Waals surface area (Å²) >= 11 is 0. The molecule has 0 bridgehead atoms. The standard InChI is InChI=1S/C13H15NO3/c1-9(15)14(11-7-8-11)12(13(16)17)10-5-3-2-4-6-10/h2-6,11-12H,7-8H2,1H3,(H,16,17). The highest BCUT2D eigenvalue weighted by atomic mass is 16.4. The summed E-state index contributed by atoms with van der Waals surface area (Å²) in [5.41, 5.74) is 0.655. The van der Waals surface area contributed by atoms with Crippen molar-refractivity contribution in [2.75, 3.05) is 0 Å². The number of amides is 1. The van der Waals surface area contributed by atoms with Gasteiger partial charge >= 0.3 is 5.97 Å². The third-order valence-corrected chi connectivity index (χ3v) is 2.93. The third kappa shape index (κ3) is 2.46. The molecule has 1 fully saturated rings. The lowest BCUT2D eigenvalue weighted by Gasteiger charge is -2.28. The van der Waals surface area contributed by atoms with Crippen LogP contribution in [0.5, 0.6) is 0 Å². The zero-order chi connectivity index (χ0) is 12.4. The molecule has 1 N–H and O–H groups in total. The second-order valence-corrected chi connectivity index (χ2v) is 4.31. The Labute approximate surface area is 99.9 Å². The first kappa shape index (κ1) is 11.6. The molecular formula is C13H15NO3. The van der Waals surface area contributed by atoms with Crippen molar-refractivity contribution < 1.29 is 14.7 Å². The molecule has 1 aromatic carbocycles. The highest BCUT2D eigenvalue weighted by molar-refractivity contribution is 5.84. The van der Waals surface area contributed by atoms with Crippen molar-refractivity contribution in [3.63, 3.8) is 0 Å². The smallest absolute Gasteiger partial charge is 0.331 e. The summed E-state index contributed by atoms with van der Waals surface area (Å²) in [4.78, 5) is 24.5. The normalized spacial score (nSPS) is 16.3. The van der Waals surface area contributed by atoms with Gasteiger partial charge in [-0.3, -0.25) is 4.79 Å². The largest absolute Gasteiger partial charge is 0.479 e. The van der Waals surface area contributed by atoms with E-state index in [2.05, 4.69) is 0 Å². The molecule has 1 aliphatic carbocycles. The first-order valence-electron chi connectivity index (χ1n) is 5.68. The Bertz CT molecular complexity index is 426. The molecule has 4 nitrogen and oxygen atoms in total. The average Bonchev–Trinajstić information content (AvgIpc) is 3.09. The fourth-order valence-electron chi connectivity index (χ4n) is 2.06. The second-order valence-electron chi connectivity index (χ2n) is 4.31. The van der Waals surface area contributed by atoms with Crippen LogP contribution in [-0.2, 0) is 9.59 Å². The van der Waals surface area contributed by atoms with E-state index in [1.54, 1.807) is 24.3 Å². The summed E-state index contributed by atoms with van der Waals surface area (Å²) in [5, 5.41) is 9.33. The Balaban J connectivity index is 2.34. The Morgan fingerprint density at radius 1 is 1.29 bits per heavy atom. The van der Waals surface area contributed by atoms with Crippen LogP contribution in [0.2, 0.25) is 0 Å². The minimum Gasteiger partial charge on any atom is -0.479 e. The monoisotopic (exact) mass is 233 g/mol. The Kier molecular flexibility index (Phi) is 3.13. The summed E-state index contributed by atoms with van der Waals surface area (Å²) in [6, 6.07) is 8.13. The number of carboxylic acid groups (broad SMARTS) is 1. The Hall–Kier alpha value is -1.84. The molecule has 0 saturated heterocycles. The lowest BCUT2D eigenvalue weighted by Crippen LogP contribution is -2.39. The number of hydrogen-bond donors (Lipinski definition) is 1. The van der Waals surface area contributed by atoms with Crippen molar-refractivity contribution in [3.05, 3.63) is 35.9 Å². The van der Waals surface area contributed by atoms with E-state index >= 15 is 0 Å². The van der Waals surface area contributed by atoms with Gasteiger partial charge in [0.15, 0.2) is 6.04 Å². The van der Waals surface area contributed by atoms with Crippen molar-refractivity contribution in [1.29, 1.82) is 0 Å². The summed E-state index contributed by atoms with van der Waals surface area (Å²) in [6.07, 6.45) is 1.80. The SMILES string of the molecule is CC(=O)N(C1CC1)C(C(=O)O)c1ccccc1. The van der Waals surface area contributed by atoms with E-state index in [0.29, 0.717) is 5.56 Å². The molecule has 1 aromatic rings. The number of carbonyl (C=O) groups excluding carboxylic acids is 1. The van der Waals surface area contributed by atoms with E-state index in [4.69, 9.17) is 0 Å². The number of rotatable bonds is 4. The molecule has 0 spiro atoms. The maximum absolute atomic E-state index is 11.6. The number of hydrogen-bond acceptors (Lipinski definition) is 2. The van der Waals surface area contributed by atoms with Gasteiger partial charge in [0.05, 0.1) is 0 Å². The van der Waals surface area contributed by atoms with Crippen LogP contribution in [0.3, 0.4) is 0 Å². The molecular weight excluding hydrogens is 218 g/mol. The van der Waals surface area contributed by atoms with Gasteiger partial charge < -0.3 is 10.0 Å². The van der Waals surface area contributed by atoms with Crippen LogP contribution < -0.4 is 0 Å². The highest BCUT2D eigenvalue weighted by Crippen LogP contribution is 2.34. The van der Waals surface area contributed by atoms with Crippen LogP contribution in [0, 0.1) is 0 Å². The van der Waals surface area contributed by atoms with Crippen LogP contribution >= 0.6 is 0 Å². The van der Waals surface area contributed by atoms with Gasteiger partial charge in [-0.25, -0.2) is 4.79 Å². The maximum Gasteiger partial charge on any atom is 0.331 e. The van der Waals surface area contributed by atoms with Crippen molar-refractivity contribution in [1.82, 2.24) is 4.90 Å². The fourth-order valence-corrected chi connectivity index (χ4v) is 2.06. The van der Waals surface area contributed by atoms with E-state index in [-0.39, 0.29) is 11.9 Å². The lowest BCUT2D eigenvalue weighted by atomic mass is 10.1. The molecule has 0 aromatic heterocycles. The van der Waals surface area contributed by atoms with E-state index in [1.165, 1.54) is 11.8 Å². The second kappa shape index (κ2) is 4.57. The van der Waals surface area contributed by atoms with Gasteiger partial charge in [0, 0.05) is 13.0 Å². The molecule has 0 radical (unpaired) electrons. The van der Waals surface area contributed by atoms with Gasteiger partial charge in [0.2, 0.25) is 5.91 Å². The molecule has 0 aliphatic heterocycles. The summed E-state index contributed by atoms with van der Waals surface area (Å²) < 4.78 is 0. The van der Waals surface area contributed by atoms with Crippen LogP contribution in [0.1, 0.15) is 31.4 Å². The van der Waals surface area contributed by atoms with Gasteiger partial charge in [-0.2, -0.15) is 0 Å². The molecule has 1 unspecified atom stereocenters. The minimum absolute atomic E-state index is 0.0915. The number of nitrogens with zero attached hydrogens (tertiary/aromatic N) is 1. The van der Waals surface area contributed by atoms with Gasteiger partial charge in [-0.05, 0) is 18.4 Å². The van der Waals surface area contributed by atoms with Gasteiger partial charge in [-0.15, -0.1) is 0 Å². The van der Waals surface area contributed by atoms with Crippen LogP contribution in [0.25, 0.3) is 0 Å². The number of carbonyl (C=O) groups is 2.